The van der Waals surface area contributed by atoms with Crippen molar-refractivity contribution < 1.29 is 13.2 Å². The van der Waals surface area contributed by atoms with E-state index in [0.717, 1.165) is 22.4 Å². The van der Waals surface area contributed by atoms with E-state index in [-0.39, 0.29) is 18.9 Å². The van der Waals surface area contributed by atoms with Crippen molar-refractivity contribution >= 4 is 27.3 Å². The SMILES string of the molecule is Cc1ccc(N(CCCC(=O)Nc2cccc(C)c2C)S(C)(=O)=O)cc1. The Labute approximate surface area is 156 Å². The largest absolute Gasteiger partial charge is 0.326 e. The van der Waals surface area contributed by atoms with Crippen molar-refractivity contribution in [2.75, 3.05) is 22.4 Å². The van der Waals surface area contributed by atoms with Crippen LogP contribution in [0.15, 0.2) is 42.5 Å². The van der Waals surface area contributed by atoms with Gasteiger partial charge >= 0.3 is 0 Å². The molecular formula is C20H26N2O3S. The standard InChI is InChI=1S/C20H26N2O3S/c1-15-10-12-18(13-11-15)22(26(4,24)25)14-6-9-20(23)21-19-8-5-7-16(2)17(19)3/h5,7-8,10-13H,6,9,14H2,1-4H3,(H,21,23). The summed E-state index contributed by atoms with van der Waals surface area (Å²) in [6.07, 6.45) is 1.88. The van der Waals surface area contributed by atoms with E-state index in [0.29, 0.717) is 12.1 Å². The van der Waals surface area contributed by atoms with Crippen LogP contribution in [0, 0.1) is 20.8 Å². The second kappa shape index (κ2) is 8.36. The van der Waals surface area contributed by atoms with Crippen LogP contribution in [-0.4, -0.2) is 27.1 Å². The minimum atomic E-state index is -3.40. The summed E-state index contributed by atoms with van der Waals surface area (Å²) in [5, 5.41) is 2.90. The summed E-state index contributed by atoms with van der Waals surface area (Å²) in [6, 6.07) is 13.1. The second-order valence-corrected chi connectivity index (χ2v) is 8.48. The van der Waals surface area contributed by atoms with E-state index in [9.17, 15) is 13.2 Å². The van der Waals surface area contributed by atoms with Crippen molar-refractivity contribution in [2.24, 2.45) is 0 Å². The zero-order valence-electron chi connectivity index (χ0n) is 15.7. The molecule has 0 unspecified atom stereocenters. The molecule has 1 N–H and O–H groups in total. The van der Waals surface area contributed by atoms with Crippen molar-refractivity contribution in [2.45, 2.75) is 33.6 Å². The van der Waals surface area contributed by atoms with Crippen LogP contribution < -0.4 is 9.62 Å². The number of sulfonamides is 1. The van der Waals surface area contributed by atoms with Crippen LogP contribution in [0.3, 0.4) is 0 Å². The summed E-state index contributed by atoms with van der Waals surface area (Å²) in [7, 11) is -3.40. The Morgan fingerprint density at radius 2 is 1.69 bits per heavy atom. The third-order valence-corrected chi connectivity index (χ3v) is 5.56. The predicted octanol–water partition coefficient (Wildman–Crippen LogP) is 3.80. The van der Waals surface area contributed by atoms with Crippen molar-refractivity contribution in [3.8, 4) is 0 Å². The van der Waals surface area contributed by atoms with Gasteiger partial charge in [-0.2, -0.15) is 0 Å². The van der Waals surface area contributed by atoms with E-state index in [4.69, 9.17) is 0 Å². The molecule has 2 rings (SSSR count). The number of carbonyl (C=O) groups excluding carboxylic acids is 1. The molecule has 2 aromatic rings. The minimum Gasteiger partial charge on any atom is -0.326 e. The number of nitrogens with zero attached hydrogens (tertiary/aromatic N) is 1. The summed E-state index contributed by atoms with van der Waals surface area (Å²) in [5.41, 5.74) is 4.64. The lowest BCUT2D eigenvalue weighted by molar-refractivity contribution is -0.116. The van der Waals surface area contributed by atoms with Gasteiger partial charge in [0.2, 0.25) is 15.9 Å². The van der Waals surface area contributed by atoms with Gasteiger partial charge in [0, 0.05) is 18.7 Å². The lowest BCUT2D eigenvalue weighted by Gasteiger charge is -2.22. The molecule has 0 bridgehead atoms. The van der Waals surface area contributed by atoms with Crippen LogP contribution >= 0.6 is 0 Å². The highest BCUT2D eigenvalue weighted by molar-refractivity contribution is 7.92. The number of aryl methyl sites for hydroxylation is 2. The molecule has 0 atom stereocenters. The summed E-state index contributed by atoms with van der Waals surface area (Å²) in [5.74, 6) is -0.115. The fourth-order valence-corrected chi connectivity index (χ4v) is 3.65. The molecule has 0 aliphatic carbocycles. The van der Waals surface area contributed by atoms with Crippen molar-refractivity contribution in [1.82, 2.24) is 0 Å². The monoisotopic (exact) mass is 374 g/mol. The van der Waals surface area contributed by atoms with Crippen LogP contribution in [0.4, 0.5) is 11.4 Å². The third-order valence-electron chi connectivity index (χ3n) is 4.37. The third kappa shape index (κ3) is 5.33. The maximum Gasteiger partial charge on any atom is 0.232 e. The fraction of sp³-hybridized carbons (Fsp3) is 0.350. The summed E-state index contributed by atoms with van der Waals surface area (Å²) in [6.45, 7) is 6.18. The summed E-state index contributed by atoms with van der Waals surface area (Å²) >= 11 is 0. The number of hydrogen-bond acceptors (Lipinski definition) is 3. The Hall–Kier alpha value is -2.34. The van der Waals surface area contributed by atoms with Gasteiger partial charge in [-0.15, -0.1) is 0 Å². The Morgan fingerprint density at radius 3 is 2.31 bits per heavy atom. The van der Waals surface area contributed by atoms with Crippen LogP contribution in [0.1, 0.15) is 29.5 Å². The molecule has 26 heavy (non-hydrogen) atoms. The molecule has 0 saturated heterocycles. The smallest absolute Gasteiger partial charge is 0.232 e. The van der Waals surface area contributed by atoms with Gasteiger partial charge in [-0.05, 0) is 56.5 Å². The van der Waals surface area contributed by atoms with Crippen molar-refractivity contribution in [3.63, 3.8) is 0 Å². The highest BCUT2D eigenvalue weighted by atomic mass is 32.2. The number of benzene rings is 2. The van der Waals surface area contributed by atoms with E-state index < -0.39 is 10.0 Å². The van der Waals surface area contributed by atoms with E-state index in [2.05, 4.69) is 5.32 Å². The number of hydrogen-bond donors (Lipinski definition) is 1. The van der Waals surface area contributed by atoms with Gasteiger partial charge in [0.05, 0.1) is 11.9 Å². The van der Waals surface area contributed by atoms with Gasteiger partial charge in [0.1, 0.15) is 0 Å². The van der Waals surface area contributed by atoms with Crippen LogP contribution in [0.5, 0.6) is 0 Å². The molecule has 0 aliphatic rings. The van der Waals surface area contributed by atoms with Gasteiger partial charge in [-0.1, -0.05) is 29.8 Å². The van der Waals surface area contributed by atoms with E-state index in [1.54, 1.807) is 12.1 Å². The zero-order chi connectivity index (χ0) is 19.3. The van der Waals surface area contributed by atoms with Gasteiger partial charge < -0.3 is 5.32 Å². The molecule has 5 nitrogen and oxygen atoms in total. The second-order valence-electron chi connectivity index (χ2n) is 6.57. The topological polar surface area (TPSA) is 66.5 Å². The number of rotatable bonds is 7. The normalized spacial score (nSPS) is 11.2. The lowest BCUT2D eigenvalue weighted by atomic mass is 10.1. The molecule has 0 fully saturated rings. The van der Waals surface area contributed by atoms with Crippen molar-refractivity contribution in [3.05, 3.63) is 59.2 Å². The molecule has 0 aliphatic heterocycles. The first kappa shape index (κ1) is 20.0. The maximum absolute atomic E-state index is 12.2. The van der Waals surface area contributed by atoms with Gasteiger partial charge in [0.25, 0.3) is 0 Å². The van der Waals surface area contributed by atoms with Crippen LogP contribution in [0.2, 0.25) is 0 Å². The predicted molar refractivity (Wildman–Crippen MR) is 107 cm³/mol. The molecule has 140 valence electrons. The first-order chi connectivity index (χ1) is 12.2. The summed E-state index contributed by atoms with van der Waals surface area (Å²) in [4.78, 5) is 12.2. The first-order valence-electron chi connectivity index (χ1n) is 8.59. The van der Waals surface area contributed by atoms with E-state index in [1.165, 1.54) is 10.6 Å². The van der Waals surface area contributed by atoms with Crippen LogP contribution in [0.25, 0.3) is 0 Å². The quantitative estimate of drug-likeness (QED) is 0.802. The average Bonchev–Trinajstić information content (AvgIpc) is 2.56. The Balaban J connectivity index is 1.98. The number of nitrogens with one attached hydrogen (secondary N) is 1. The molecular weight excluding hydrogens is 348 g/mol. The zero-order valence-corrected chi connectivity index (χ0v) is 16.6. The maximum atomic E-state index is 12.2. The van der Waals surface area contributed by atoms with Crippen LogP contribution in [-0.2, 0) is 14.8 Å². The molecule has 0 spiro atoms. The highest BCUT2D eigenvalue weighted by Crippen LogP contribution is 2.20. The molecule has 0 heterocycles. The van der Waals surface area contributed by atoms with E-state index in [1.807, 2.05) is 51.1 Å². The molecule has 2 aromatic carbocycles. The van der Waals surface area contributed by atoms with Gasteiger partial charge in [-0.25, -0.2) is 8.42 Å². The number of anilines is 2. The molecule has 6 heteroatoms. The van der Waals surface area contributed by atoms with Gasteiger partial charge in [0.15, 0.2) is 0 Å². The molecule has 0 aromatic heterocycles. The molecule has 0 radical (unpaired) electrons. The molecule has 1 amide bonds. The number of carbonyl (C=O) groups is 1. The Kier molecular flexibility index (Phi) is 6.42. The minimum absolute atomic E-state index is 0.115. The van der Waals surface area contributed by atoms with Crippen molar-refractivity contribution in [1.29, 1.82) is 0 Å². The number of amides is 1. The fourth-order valence-electron chi connectivity index (χ4n) is 2.68. The average molecular weight is 375 g/mol. The summed E-state index contributed by atoms with van der Waals surface area (Å²) < 4.78 is 25.5. The Morgan fingerprint density at radius 1 is 1.04 bits per heavy atom. The first-order valence-corrected chi connectivity index (χ1v) is 10.4. The van der Waals surface area contributed by atoms with Gasteiger partial charge in [-0.3, -0.25) is 9.10 Å². The lowest BCUT2D eigenvalue weighted by Crippen LogP contribution is -2.31. The molecule has 0 saturated carbocycles. The van der Waals surface area contributed by atoms with E-state index >= 15 is 0 Å². The Bertz CT molecular complexity index is 874. The highest BCUT2D eigenvalue weighted by Gasteiger charge is 2.17.